The molecule has 0 bridgehead atoms. The average molecular weight is 457 g/mol. The molecule has 0 saturated carbocycles. The van der Waals surface area contributed by atoms with Crippen LogP contribution in [0.15, 0.2) is 60.9 Å². The maximum absolute atomic E-state index is 11.6. The molecule has 0 radical (unpaired) electrons. The summed E-state index contributed by atoms with van der Waals surface area (Å²) in [4.78, 5) is 14.9. The van der Waals surface area contributed by atoms with Gasteiger partial charge in [-0.3, -0.25) is 0 Å². The number of fused-ring (bicyclic) bond motifs is 1. The van der Waals surface area contributed by atoms with Gasteiger partial charge < -0.3 is 10.4 Å². The van der Waals surface area contributed by atoms with Crippen LogP contribution in [-0.2, 0) is 18.4 Å². The number of pyridine rings is 2. The second-order valence-corrected chi connectivity index (χ2v) is 9.77. The third kappa shape index (κ3) is 4.41. The SMILES string of the molecule is CCCc1ccnc(Nc2cc(C)cc(-c3cnc([C@@]4(O)CCCc5ccccc54)s3)n2)c1. The first kappa shape index (κ1) is 21.7. The van der Waals surface area contributed by atoms with Crippen LogP contribution in [0.3, 0.4) is 0 Å². The van der Waals surface area contributed by atoms with E-state index < -0.39 is 5.60 Å². The molecule has 1 atom stereocenters. The Kier molecular flexibility index (Phi) is 5.96. The van der Waals surface area contributed by atoms with E-state index in [1.165, 1.54) is 22.5 Å². The Balaban J connectivity index is 1.45. The molecule has 0 saturated heterocycles. The van der Waals surface area contributed by atoms with Crippen LogP contribution in [0.1, 0.15) is 53.4 Å². The highest BCUT2D eigenvalue weighted by molar-refractivity contribution is 7.15. The summed E-state index contributed by atoms with van der Waals surface area (Å²) in [6.07, 6.45) is 8.43. The molecule has 5 nitrogen and oxygen atoms in total. The van der Waals surface area contributed by atoms with Crippen LogP contribution in [0.5, 0.6) is 0 Å². The lowest BCUT2D eigenvalue weighted by Crippen LogP contribution is -2.31. The molecule has 0 unspecified atom stereocenters. The minimum atomic E-state index is -1.04. The van der Waals surface area contributed by atoms with Crippen molar-refractivity contribution in [2.24, 2.45) is 0 Å². The van der Waals surface area contributed by atoms with Crippen molar-refractivity contribution in [3.05, 3.63) is 88.2 Å². The van der Waals surface area contributed by atoms with Gasteiger partial charge in [-0.1, -0.05) is 37.6 Å². The quantitative estimate of drug-likeness (QED) is 0.363. The van der Waals surface area contributed by atoms with Crippen molar-refractivity contribution in [1.82, 2.24) is 15.0 Å². The summed E-state index contributed by atoms with van der Waals surface area (Å²) in [5.74, 6) is 1.55. The molecule has 0 amide bonds. The Hall–Kier alpha value is -3.09. The lowest BCUT2D eigenvalue weighted by Gasteiger charge is -2.32. The Bertz CT molecular complexity index is 1280. The van der Waals surface area contributed by atoms with Crippen LogP contribution in [0.4, 0.5) is 11.6 Å². The van der Waals surface area contributed by atoms with Crippen LogP contribution in [0.2, 0.25) is 0 Å². The van der Waals surface area contributed by atoms with Gasteiger partial charge in [0.15, 0.2) is 0 Å². The fourth-order valence-electron chi connectivity index (χ4n) is 4.59. The van der Waals surface area contributed by atoms with Crippen molar-refractivity contribution in [3.63, 3.8) is 0 Å². The van der Waals surface area contributed by atoms with Gasteiger partial charge in [-0.15, -0.1) is 11.3 Å². The van der Waals surface area contributed by atoms with Crippen LogP contribution in [0.25, 0.3) is 10.6 Å². The molecule has 2 N–H and O–H groups in total. The van der Waals surface area contributed by atoms with E-state index in [2.05, 4.69) is 53.4 Å². The normalized spacial score (nSPS) is 17.5. The topological polar surface area (TPSA) is 70.9 Å². The molecule has 0 aliphatic heterocycles. The first-order valence-corrected chi connectivity index (χ1v) is 12.3. The number of hydrogen-bond acceptors (Lipinski definition) is 6. The van der Waals surface area contributed by atoms with E-state index >= 15 is 0 Å². The van der Waals surface area contributed by atoms with E-state index in [4.69, 9.17) is 4.98 Å². The highest BCUT2D eigenvalue weighted by atomic mass is 32.1. The molecule has 33 heavy (non-hydrogen) atoms. The minimum absolute atomic E-state index is 0.685. The Morgan fingerprint density at radius 3 is 2.85 bits per heavy atom. The lowest BCUT2D eigenvalue weighted by molar-refractivity contribution is 0.0613. The number of nitrogens with zero attached hydrogens (tertiary/aromatic N) is 3. The number of hydrogen-bond donors (Lipinski definition) is 2. The van der Waals surface area contributed by atoms with Gasteiger partial charge in [0.2, 0.25) is 0 Å². The molecule has 0 spiro atoms. The van der Waals surface area contributed by atoms with E-state index in [0.29, 0.717) is 6.42 Å². The number of anilines is 2. The number of aryl methyl sites for hydroxylation is 3. The maximum atomic E-state index is 11.6. The third-order valence-electron chi connectivity index (χ3n) is 6.15. The van der Waals surface area contributed by atoms with E-state index in [0.717, 1.165) is 64.0 Å². The zero-order valence-electron chi connectivity index (χ0n) is 19.0. The summed E-state index contributed by atoms with van der Waals surface area (Å²) in [7, 11) is 0. The molecule has 1 aliphatic rings. The van der Waals surface area contributed by atoms with E-state index in [9.17, 15) is 5.11 Å². The molecular formula is C27H28N4OS. The minimum Gasteiger partial charge on any atom is -0.378 e. The van der Waals surface area contributed by atoms with Gasteiger partial charge in [0.25, 0.3) is 0 Å². The predicted octanol–water partition coefficient (Wildman–Crippen LogP) is 6.18. The summed E-state index contributed by atoms with van der Waals surface area (Å²) in [6.45, 7) is 4.23. The molecule has 6 heteroatoms. The molecule has 3 aromatic heterocycles. The maximum Gasteiger partial charge on any atom is 0.141 e. The van der Waals surface area contributed by atoms with Crippen molar-refractivity contribution < 1.29 is 5.11 Å². The van der Waals surface area contributed by atoms with Gasteiger partial charge in [0, 0.05) is 12.4 Å². The molecule has 5 rings (SSSR count). The molecule has 0 fully saturated rings. The summed E-state index contributed by atoms with van der Waals surface area (Å²) in [5, 5.41) is 15.7. The monoisotopic (exact) mass is 456 g/mol. The van der Waals surface area contributed by atoms with Crippen LogP contribution >= 0.6 is 11.3 Å². The highest BCUT2D eigenvalue weighted by Gasteiger charge is 2.38. The number of benzene rings is 1. The molecule has 1 aromatic carbocycles. The summed E-state index contributed by atoms with van der Waals surface area (Å²) < 4.78 is 0. The number of aliphatic hydroxyl groups is 1. The summed E-state index contributed by atoms with van der Waals surface area (Å²) >= 11 is 1.52. The Morgan fingerprint density at radius 1 is 1.09 bits per heavy atom. The van der Waals surface area contributed by atoms with Crippen LogP contribution in [0, 0.1) is 6.92 Å². The molecular weight excluding hydrogens is 428 g/mol. The van der Waals surface area contributed by atoms with Gasteiger partial charge >= 0.3 is 0 Å². The van der Waals surface area contributed by atoms with Gasteiger partial charge in [-0.25, -0.2) is 15.0 Å². The smallest absolute Gasteiger partial charge is 0.141 e. The molecule has 4 aromatic rings. The Morgan fingerprint density at radius 2 is 1.97 bits per heavy atom. The molecule has 1 aliphatic carbocycles. The first-order chi connectivity index (χ1) is 16.0. The largest absolute Gasteiger partial charge is 0.378 e. The molecule has 3 heterocycles. The van der Waals surface area contributed by atoms with Gasteiger partial charge in [-0.2, -0.15) is 0 Å². The van der Waals surface area contributed by atoms with Crippen LogP contribution in [-0.4, -0.2) is 20.1 Å². The zero-order valence-corrected chi connectivity index (χ0v) is 19.8. The number of aromatic nitrogens is 3. The second kappa shape index (κ2) is 9.04. The second-order valence-electron chi connectivity index (χ2n) is 8.74. The number of thiazole rings is 1. The fourth-order valence-corrected chi connectivity index (χ4v) is 5.60. The van der Waals surface area contributed by atoms with Crippen molar-refractivity contribution in [2.75, 3.05) is 5.32 Å². The predicted molar refractivity (Wildman–Crippen MR) is 134 cm³/mol. The van der Waals surface area contributed by atoms with Crippen LogP contribution < -0.4 is 5.32 Å². The van der Waals surface area contributed by atoms with Crippen molar-refractivity contribution in [1.29, 1.82) is 0 Å². The number of nitrogens with one attached hydrogen (secondary N) is 1. The van der Waals surface area contributed by atoms with Gasteiger partial charge in [-0.05, 0) is 79.1 Å². The fraction of sp³-hybridized carbons (Fsp3) is 0.296. The third-order valence-corrected chi connectivity index (χ3v) is 7.32. The van der Waals surface area contributed by atoms with E-state index in [1.807, 2.05) is 36.7 Å². The molecule has 168 valence electrons. The standard InChI is InChI=1S/C27H28N4OS/c1-3-7-19-11-13-28-24(16-19)31-25-15-18(2)14-22(30-25)23-17-29-26(33-23)27(32)12-6-9-20-8-4-5-10-21(20)27/h4-5,8,10-11,13-17,32H,3,6-7,9,12H2,1-2H3,(H,28,30,31)/t27-/m1/s1. The van der Waals surface area contributed by atoms with Crippen molar-refractivity contribution in [2.45, 2.75) is 51.6 Å². The summed E-state index contributed by atoms with van der Waals surface area (Å²) in [5.41, 5.74) is 4.36. The van der Waals surface area contributed by atoms with Gasteiger partial charge in [0.1, 0.15) is 22.2 Å². The zero-order chi connectivity index (χ0) is 22.8. The first-order valence-electron chi connectivity index (χ1n) is 11.5. The average Bonchev–Trinajstić information content (AvgIpc) is 3.31. The van der Waals surface area contributed by atoms with Crippen molar-refractivity contribution in [3.8, 4) is 10.6 Å². The lowest BCUT2D eigenvalue weighted by atomic mass is 9.79. The summed E-state index contributed by atoms with van der Waals surface area (Å²) in [6, 6.07) is 16.4. The van der Waals surface area contributed by atoms with Gasteiger partial charge in [0.05, 0.1) is 10.6 Å². The van der Waals surface area contributed by atoms with E-state index in [-0.39, 0.29) is 0 Å². The Labute approximate surface area is 198 Å². The van der Waals surface area contributed by atoms with Crippen molar-refractivity contribution >= 4 is 23.0 Å². The van der Waals surface area contributed by atoms with E-state index in [1.54, 1.807) is 0 Å². The number of rotatable bonds is 6. The highest BCUT2D eigenvalue weighted by Crippen LogP contribution is 2.43.